The molecule has 1 aromatic carbocycles. The Labute approximate surface area is 260 Å². The number of nitrogens with one attached hydrogen (secondary N) is 1. The third-order valence-corrected chi connectivity index (χ3v) is 7.55. The Balaban J connectivity index is 0.000000784. The van der Waals surface area contributed by atoms with Crippen molar-refractivity contribution in [3.8, 4) is 0 Å². The van der Waals surface area contributed by atoms with E-state index in [-0.39, 0.29) is 30.3 Å². The third kappa shape index (κ3) is 13.3. The van der Waals surface area contributed by atoms with E-state index in [1.54, 1.807) is 24.9 Å². The minimum absolute atomic E-state index is 0.0454. The lowest BCUT2D eigenvalue weighted by Gasteiger charge is -2.30. The summed E-state index contributed by atoms with van der Waals surface area (Å²) in [6, 6.07) is 8.52. The van der Waals surface area contributed by atoms with Crippen LogP contribution in [0.2, 0.25) is 0 Å². The van der Waals surface area contributed by atoms with E-state index in [9.17, 15) is 19.2 Å². The van der Waals surface area contributed by atoms with Crippen LogP contribution in [0.25, 0.3) is 0 Å². The maximum Gasteiger partial charge on any atom is 0.329 e. The Morgan fingerprint density at radius 2 is 1.63 bits per heavy atom. The number of carbonyl (C=O) groups is 4. The first-order chi connectivity index (χ1) is 20.5. The first kappa shape index (κ1) is 37.8. The van der Waals surface area contributed by atoms with Crippen LogP contribution in [0.1, 0.15) is 91.7 Å². The van der Waals surface area contributed by atoms with E-state index < -0.39 is 18.1 Å². The summed E-state index contributed by atoms with van der Waals surface area (Å²) in [5, 5.41) is 2.37. The minimum Gasteiger partial charge on any atom is -0.456 e. The van der Waals surface area contributed by atoms with Gasteiger partial charge in [0, 0.05) is 19.2 Å². The highest BCUT2D eigenvalue weighted by Crippen LogP contribution is 2.25. The van der Waals surface area contributed by atoms with Crippen LogP contribution >= 0.6 is 0 Å². The van der Waals surface area contributed by atoms with Gasteiger partial charge < -0.3 is 24.8 Å². The molecule has 9 nitrogen and oxygen atoms in total. The lowest BCUT2D eigenvalue weighted by Crippen LogP contribution is -2.45. The number of esters is 1. The van der Waals surface area contributed by atoms with E-state index in [2.05, 4.69) is 31.1 Å². The van der Waals surface area contributed by atoms with Crippen molar-refractivity contribution in [2.45, 2.75) is 98.3 Å². The second-order valence-electron chi connectivity index (χ2n) is 11.8. The maximum absolute atomic E-state index is 13.2. The monoisotopic (exact) mass is 600 g/mol. The smallest absolute Gasteiger partial charge is 0.329 e. The first-order valence-electron chi connectivity index (χ1n) is 15.8. The second kappa shape index (κ2) is 20.7. The molecule has 0 bridgehead atoms. The van der Waals surface area contributed by atoms with E-state index >= 15 is 0 Å². The molecular weight excluding hydrogens is 544 g/mol. The van der Waals surface area contributed by atoms with Gasteiger partial charge in [-0.05, 0) is 71.1 Å². The lowest BCUT2D eigenvalue weighted by atomic mass is 9.99. The fraction of sp³-hybridized carbons (Fsp3) is 0.647. The molecule has 3 rings (SSSR count). The lowest BCUT2D eigenvalue weighted by molar-refractivity contribution is -0.156. The average Bonchev–Trinajstić information content (AvgIpc) is 3.49. The van der Waals surface area contributed by atoms with Crippen LogP contribution in [0, 0.1) is 5.92 Å². The van der Waals surface area contributed by atoms with Crippen molar-refractivity contribution >= 4 is 24.2 Å². The number of piperidine rings is 1. The molecule has 2 heterocycles. The zero-order valence-corrected chi connectivity index (χ0v) is 27.8. The Kier molecular flexibility index (Phi) is 18.2. The molecule has 2 saturated heterocycles. The van der Waals surface area contributed by atoms with Gasteiger partial charge >= 0.3 is 5.97 Å². The molecule has 3 amide bonds. The van der Waals surface area contributed by atoms with Gasteiger partial charge in [-0.3, -0.25) is 14.4 Å². The molecule has 1 N–H and O–H groups in total. The first-order valence-corrected chi connectivity index (χ1v) is 15.8. The van der Waals surface area contributed by atoms with Gasteiger partial charge in [0.05, 0.1) is 12.6 Å². The van der Waals surface area contributed by atoms with Gasteiger partial charge in [0.2, 0.25) is 18.2 Å². The summed E-state index contributed by atoms with van der Waals surface area (Å²) < 4.78 is 5.67. The number of hydrogen-bond donors (Lipinski definition) is 1. The molecule has 242 valence electrons. The molecule has 0 radical (unpaired) electrons. The van der Waals surface area contributed by atoms with E-state index in [4.69, 9.17) is 4.74 Å². The van der Waals surface area contributed by atoms with Crippen molar-refractivity contribution in [1.82, 2.24) is 20.0 Å². The molecule has 1 aromatic rings. The molecular formula is C34H56N4O5. The van der Waals surface area contributed by atoms with Gasteiger partial charge in [0.15, 0.2) is 0 Å². The maximum atomic E-state index is 13.2. The van der Waals surface area contributed by atoms with Crippen LogP contribution in [-0.4, -0.2) is 91.3 Å². The predicted molar refractivity (Wildman–Crippen MR) is 172 cm³/mol. The van der Waals surface area contributed by atoms with Gasteiger partial charge in [-0.25, -0.2) is 4.79 Å². The molecule has 0 aromatic heterocycles. The number of benzene rings is 1. The number of rotatable bonds is 10. The van der Waals surface area contributed by atoms with Crippen LogP contribution in [-0.2, 0) is 23.9 Å². The summed E-state index contributed by atoms with van der Waals surface area (Å²) in [6.45, 7) is 14.7. The molecule has 2 aliphatic heterocycles. The zero-order chi connectivity index (χ0) is 32.4. The third-order valence-electron chi connectivity index (χ3n) is 7.55. The van der Waals surface area contributed by atoms with Crippen molar-refractivity contribution < 1.29 is 23.9 Å². The second-order valence-corrected chi connectivity index (χ2v) is 11.8. The molecule has 0 saturated carbocycles. The highest BCUT2D eigenvalue weighted by molar-refractivity contribution is 5.96. The molecule has 2 aliphatic rings. The van der Waals surface area contributed by atoms with Crippen LogP contribution in [0.4, 0.5) is 0 Å². The van der Waals surface area contributed by atoms with Crippen LogP contribution < -0.4 is 5.32 Å². The molecule has 9 heteroatoms. The van der Waals surface area contributed by atoms with Crippen molar-refractivity contribution in [2.24, 2.45) is 5.92 Å². The topological polar surface area (TPSA) is 99.3 Å². The normalized spacial score (nSPS) is 18.3. The Bertz CT molecular complexity index is 1010. The van der Waals surface area contributed by atoms with Crippen LogP contribution in [0.5, 0.6) is 0 Å². The van der Waals surface area contributed by atoms with E-state index in [1.165, 1.54) is 43.7 Å². The number of amides is 3. The van der Waals surface area contributed by atoms with Crippen molar-refractivity contribution in [2.75, 3.05) is 40.3 Å². The Hall–Kier alpha value is -3.20. The highest BCUT2D eigenvalue weighted by Gasteiger charge is 2.37. The highest BCUT2D eigenvalue weighted by atomic mass is 16.5. The van der Waals surface area contributed by atoms with Gasteiger partial charge in [-0.1, -0.05) is 76.9 Å². The number of carbonyl (C=O) groups excluding carboxylic acids is 4. The van der Waals surface area contributed by atoms with E-state index in [1.807, 2.05) is 51.1 Å². The summed E-state index contributed by atoms with van der Waals surface area (Å²) >= 11 is 0. The molecule has 43 heavy (non-hydrogen) atoms. The predicted octanol–water partition coefficient (Wildman–Crippen LogP) is 4.98. The van der Waals surface area contributed by atoms with Crippen molar-refractivity contribution in [1.29, 1.82) is 0 Å². The SMILES string of the molecule is C/C(=C\[C@H](C(C)C)N(C)C(=O)CNC=O)C(=O)N1CCC[C@H]1C(=O)O[C@H](C)c1ccccc1.CCC.CN1CCCCC1. The minimum atomic E-state index is -0.624. The largest absolute Gasteiger partial charge is 0.456 e. The molecule has 2 fully saturated rings. The fourth-order valence-corrected chi connectivity index (χ4v) is 5.08. The standard InChI is InChI=1S/C25H35N3O5.C6H13N.C3H8/c1-17(2)22(27(5)23(30)15-26-16-29)14-18(3)24(31)28-13-9-12-21(28)25(32)33-19(4)20-10-7-6-8-11-20;1-7-5-3-2-4-6-7;1-3-2/h6-8,10-11,14,16-17,19,21-22H,9,12-13,15H2,1-5H3,(H,26,29);2-6H2,1H3;3H2,1-2H3/b18-14+;;/t19-,21+,22-;;/m1../s1. The Morgan fingerprint density at radius 3 is 2.14 bits per heavy atom. The van der Waals surface area contributed by atoms with Gasteiger partial charge in [-0.15, -0.1) is 0 Å². The quantitative estimate of drug-likeness (QED) is 0.231. The number of hydrogen-bond acceptors (Lipinski definition) is 6. The van der Waals surface area contributed by atoms with E-state index in [0.29, 0.717) is 24.9 Å². The van der Waals surface area contributed by atoms with E-state index in [0.717, 1.165) is 12.0 Å². The van der Waals surface area contributed by atoms with Crippen LogP contribution in [0.15, 0.2) is 42.0 Å². The Morgan fingerprint density at radius 1 is 1.02 bits per heavy atom. The summed E-state index contributed by atoms with van der Waals surface area (Å²) in [5.74, 6) is -0.851. The molecule has 0 spiro atoms. The van der Waals surface area contributed by atoms with Crippen molar-refractivity contribution in [3.63, 3.8) is 0 Å². The van der Waals surface area contributed by atoms with Gasteiger partial charge in [0.25, 0.3) is 0 Å². The molecule has 0 unspecified atom stereocenters. The number of nitrogens with zero attached hydrogens (tertiary/aromatic N) is 3. The number of likely N-dealkylation sites (N-methyl/N-ethyl adjacent to an activating group) is 1. The molecule has 0 aliphatic carbocycles. The molecule has 3 atom stereocenters. The number of ether oxygens (including phenoxy) is 1. The zero-order valence-electron chi connectivity index (χ0n) is 27.8. The number of likely N-dealkylation sites (tertiary alicyclic amines) is 2. The van der Waals surface area contributed by atoms with Gasteiger partial charge in [0.1, 0.15) is 12.1 Å². The van der Waals surface area contributed by atoms with Gasteiger partial charge in [-0.2, -0.15) is 0 Å². The summed E-state index contributed by atoms with van der Waals surface area (Å²) in [6.07, 6.45) is 8.64. The van der Waals surface area contributed by atoms with Crippen LogP contribution in [0.3, 0.4) is 0 Å². The average molecular weight is 601 g/mol. The van der Waals surface area contributed by atoms with Crippen molar-refractivity contribution in [3.05, 3.63) is 47.5 Å². The summed E-state index contributed by atoms with van der Waals surface area (Å²) in [5.41, 5.74) is 1.36. The summed E-state index contributed by atoms with van der Waals surface area (Å²) in [7, 11) is 3.84. The summed E-state index contributed by atoms with van der Waals surface area (Å²) in [4.78, 5) is 54.4. The fourth-order valence-electron chi connectivity index (χ4n) is 5.08.